The molecule has 2 aromatic heterocycles. The second-order valence-corrected chi connectivity index (χ2v) is 5.46. The Morgan fingerprint density at radius 3 is 2.92 bits per heavy atom. The summed E-state index contributed by atoms with van der Waals surface area (Å²) < 4.78 is 13.6. The van der Waals surface area contributed by atoms with Crippen LogP contribution in [0.4, 0.5) is 4.39 Å². The van der Waals surface area contributed by atoms with Crippen LogP contribution in [0.1, 0.15) is 12.0 Å². The molecule has 0 saturated heterocycles. The van der Waals surface area contributed by atoms with Gasteiger partial charge in [0.05, 0.1) is 5.69 Å². The van der Waals surface area contributed by atoms with Crippen molar-refractivity contribution in [2.24, 2.45) is 0 Å². The molecule has 1 aromatic carbocycles. The molecule has 3 aromatic rings. The van der Waals surface area contributed by atoms with Crippen LogP contribution in [0.2, 0.25) is 0 Å². The third-order valence-electron chi connectivity index (χ3n) is 3.79. The largest absolute Gasteiger partial charge is 0.253 e. The molecule has 1 aliphatic carbocycles. The van der Waals surface area contributed by atoms with E-state index in [1.54, 1.807) is 18.3 Å². The Balaban J connectivity index is 1.66. The van der Waals surface area contributed by atoms with Crippen molar-refractivity contribution in [1.82, 2.24) is 25.2 Å². The van der Waals surface area contributed by atoms with Gasteiger partial charge in [-0.1, -0.05) is 36.4 Å². The number of allylic oxidation sites excluding steroid dienone is 4. The van der Waals surface area contributed by atoms with Crippen molar-refractivity contribution in [1.29, 1.82) is 0 Å². The summed E-state index contributed by atoms with van der Waals surface area (Å²) in [5, 5.41) is 12.5. The van der Waals surface area contributed by atoms with Crippen LogP contribution in [0, 0.1) is 0 Å². The third-order valence-corrected chi connectivity index (χ3v) is 3.79. The SMILES string of the molecule is FC1C=CC=C(c2cccc(-n3nnc(-c4ccccn4)n3)c2)C1. The minimum absolute atomic E-state index is 0.379. The first-order chi connectivity index (χ1) is 11.8. The summed E-state index contributed by atoms with van der Waals surface area (Å²) in [4.78, 5) is 5.68. The number of pyridine rings is 1. The maximum Gasteiger partial charge on any atom is 0.223 e. The van der Waals surface area contributed by atoms with Crippen molar-refractivity contribution in [2.75, 3.05) is 0 Å². The molecule has 0 radical (unpaired) electrons. The van der Waals surface area contributed by atoms with E-state index in [9.17, 15) is 4.39 Å². The number of alkyl halides is 1. The molecule has 5 nitrogen and oxygen atoms in total. The fourth-order valence-electron chi connectivity index (χ4n) is 2.60. The zero-order valence-electron chi connectivity index (χ0n) is 12.7. The molecule has 6 heteroatoms. The standard InChI is InChI=1S/C18H14FN5/c19-15-7-3-5-13(11-15)14-6-4-8-16(12-14)24-22-18(21-23-24)17-9-1-2-10-20-17/h1-10,12,15H,11H2. The van der Waals surface area contributed by atoms with Gasteiger partial charge in [-0.2, -0.15) is 0 Å². The Bertz CT molecular complexity index is 914. The van der Waals surface area contributed by atoms with Gasteiger partial charge in [0, 0.05) is 12.6 Å². The number of halogens is 1. The lowest BCUT2D eigenvalue weighted by Gasteiger charge is -2.13. The summed E-state index contributed by atoms with van der Waals surface area (Å²) in [7, 11) is 0. The van der Waals surface area contributed by atoms with Crippen LogP contribution in [0.25, 0.3) is 22.8 Å². The Morgan fingerprint density at radius 2 is 2.08 bits per heavy atom. The Kier molecular flexibility index (Phi) is 3.70. The molecular formula is C18H14FN5. The summed E-state index contributed by atoms with van der Waals surface area (Å²) >= 11 is 0. The molecule has 0 bridgehead atoms. The molecule has 0 aliphatic heterocycles. The van der Waals surface area contributed by atoms with Crippen LogP contribution >= 0.6 is 0 Å². The number of benzene rings is 1. The number of aromatic nitrogens is 5. The van der Waals surface area contributed by atoms with Crippen LogP contribution in [0.3, 0.4) is 0 Å². The number of rotatable bonds is 3. The normalized spacial score (nSPS) is 16.9. The zero-order valence-corrected chi connectivity index (χ0v) is 12.7. The average Bonchev–Trinajstić information content (AvgIpc) is 3.13. The summed E-state index contributed by atoms with van der Waals surface area (Å²) in [6, 6.07) is 13.2. The maximum atomic E-state index is 13.6. The van der Waals surface area contributed by atoms with E-state index in [2.05, 4.69) is 20.4 Å². The van der Waals surface area contributed by atoms with E-state index in [-0.39, 0.29) is 0 Å². The van der Waals surface area contributed by atoms with Gasteiger partial charge in [-0.3, -0.25) is 4.98 Å². The molecule has 1 aliphatic rings. The molecule has 0 fully saturated rings. The molecular weight excluding hydrogens is 305 g/mol. The molecule has 0 spiro atoms. The smallest absolute Gasteiger partial charge is 0.223 e. The first-order valence-electron chi connectivity index (χ1n) is 7.63. The van der Waals surface area contributed by atoms with Gasteiger partial charge in [0.15, 0.2) is 0 Å². The number of nitrogens with zero attached hydrogens (tertiary/aromatic N) is 5. The van der Waals surface area contributed by atoms with Crippen LogP contribution in [0.5, 0.6) is 0 Å². The molecule has 4 rings (SSSR count). The molecule has 0 amide bonds. The molecule has 0 saturated carbocycles. The second kappa shape index (κ2) is 6.16. The number of hydrogen-bond donors (Lipinski definition) is 0. The van der Waals surface area contributed by atoms with E-state index in [1.165, 1.54) is 4.80 Å². The predicted octanol–water partition coefficient (Wildman–Crippen LogP) is 3.41. The van der Waals surface area contributed by atoms with Crippen LogP contribution in [0.15, 0.2) is 66.9 Å². The quantitative estimate of drug-likeness (QED) is 0.742. The second-order valence-electron chi connectivity index (χ2n) is 5.46. The highest BCUT2D eigenvalue weighted by Crippen LogP contribution is 2.26. The topological polar surface area (TPSA) is 56.5 Å². The van der Waals surface area contributed by atoms with Crippen LogP contribution < -0.4 is 0 Å². The van der Waals surface area contributed by atoms with Gasteiger partial charge in [0.25, 0.3) is 0 Å². The fourth-order valence-corrected chi connectivity index (χ4v) is 2.60. The zero-order chi connectivity index (χ0) is 16.4. The van der Waals surface area contributed by atoms with Gasteiger partial charge >= 0.3 is 0 Å². The van der Waals surface area contributed by atoms with E-state index in [0.717, 1.165) is 16.8 Å². The highest BCUT2D eigenvalue weighted by atomic mass is 19.1. The maximum absolute atomic E-state index is 13.6. The molecule has 1 unspecified atom stereocenters. The molecule has 1 atom stereocenters. The fraction of sp³-hybridized carbons (Fsp3) is 0.111. The average molecular weight is 319 g/mol. The highest BCUT2D eigenvalue weighted by Gasteiger charge is 2.13. The number of tetrazole rings is 1. The minimum Gasteiger partial charge on any atom is -0.253 e. The lowest BCUT2D eigenvalue weighted by Crippen LogP contribution is -2.03. The van der Waals surface area contributed by atoms with Crippen molar-refractivity contribution in [3.63, 3.8) is 0 Å². The molecule has 24 heavy (non-hydrogen) atoms. The minimum atomic E-state index is -0.936. The van der Waals surface area contributed by atoms with Crippen LogP contribution in [-0.2, 0) is 0 Å². The molecule has 2 heterocycles. The van der Waals surface area contributed by atoms with Gasteiger partial charge < -0.3 is 0 Å². The van der Waals surface area contributed by atoms with Crippen molar-refractivity contribution >= 4 is 5.57 Å². The van der Waals surface area contributed by atoms with Crippen LogP contribution in [-0.4, -0.2) is 31.4 Å². The predicted molar refractivity (Wildman–Crippen MR) is 89.0 cm³/mol. The van der Waals surface area contributed by atoms with Gasteiger partial charge in [-0.05, 0) is 40.6 Å². The third kappa shape index (κ3) is 2.86. The van der Waals surface area contributed by atoms with E-state index < -0.39 is 6.17 Å². The van der Waals surface area contributed by atoms with Crippen molar-refractivity contribution in [2.45, 2.75) is 12.6 Å². The number of hydrogen-bond acceptors (Lipinski definition) is 4. The van der Waals surface area contributed by atoms with Crippen molar-refractivity contribution in [3.8, 4) is 17.2 Å². The monoisotopic (exact) mass is 319 g/mol. The van der Waals surface area contributed by atoms with E-state index in [4.69, 9.17) is 0 Å². The van der Waals surface area contributed by atoms with Gasteiger partial charge in [-0.15, -0.1) is 15.0 Å². The summed E-state index contributed by atoms with van der Waals surface area (Å²) in [6.45, 7) is 0. The molecule has 118 valence electrons. The highest BCUT2D eigenvalue weighted by molar-refractivity contribution is 5.70. The lowest BCUT2D eigenvalue weighted by atomic mass is 9.96. The van der Waals surface area contributed by atoms with Gasteiger partial charge in [-0.25, -0.2) is 4.39 Å². The first-order valence-corrected chi connectivity index (χ1v) is 7.63. The Hall–Kier alpha value is -3.15. The lowest BCUT2D eigenvalue weighted by molar-refractivity contribution is 0.406. The van der Waals surface area contributed by atoms with Crippen molar-refractivity contribution in [3.05, 3.63) is 72.5 Å². The van der Waals surface area contributed by atoms with Gasteiger partial charge in [0.1, 0.15) is 11.9 Å². The van der Waals surface area contributed by atoms with Gasteiger partial charge in [0.2, 0.25) is 5.82 Å². The summed E-state index contributed by atoms with van der Waals surface area (Å²) in [5.41, 5.74) is 3.35. The first kappa shape index (κ1) is 14.4. The summed E-state index contributed by atoms with van der Waals surface area (Å²) in [6.07, 6.45) is 6.38. The van der Waals surface area contributed by atoms with Crippen molar-refractivity contribution < 1.29 is 4.39 Å². The Labute approximate surface area is 138 Å². The summed E-state index contributed by atoms with van der Waals surface area (Å²) in [5.74, 6) is 0.463. The van der Waals surface area contributed by atoms with E-state index in [1.807, 2.05) is 48.5 Å². The Morgan fingerprint density at radius 1 is 1.12 bits per heavy atom. The molecule has 0 N–H and O–H groups in total. The van der Waals surface area contributed by atoms with E-state index >= 15 is 0 Å². The van der Waals surface area contributed by atoms with E-state index in [0.29, 0.717) is 17.9 Å².